The third-order valence-electron chi connectivity index (χ3n) is 4.79. The molecule has 0 spiro atoms. The molecule has 4 unspecified atom stereocenters. The summed E-state index contributed by atoms with van der Waals surface area (Å²) < 4.78 is 0. The van der Waals surface area contributed by atoms with Crippen LogP contribution in [0.3, 0.4) is 0 Å². The molecule has 4 atom stereocenters. The second-order valence-electron chi connectivity index (χ2n) is 5.67. The highest BCUT2D eigenvalue weighted by Crippen LogP contribution is 2.46. The maximum Gasteiger partial charge on any atom is 0.0615 e. The van der Waals surface area contributed by atoms with E-state index in [1.807, 2.05) is 0 Å². The third kappa shape index (κ3) is 0.937. The molecule has 2 aliphatic heterocycles. The van der Waals surface area contributed by atoms with E-state index in [0.29, 0.717) is 23.9 Å². The Hall–Kier alpha value is -1.84. The van der Waals surface area contributed by atoms with Crippen molar-refractivity contribution in [2.75, 3.05) is 0 Å². The normalized spacial score (nSPS) is 38.0. The monoisotopic (exact) mass is 238 g/mol. The van der Waals surface area contributed by atoms with Gasteiger partial charge in [0, 0.05) is 36.1 Å². The van der Waals surface area contributed by atoms with Gasteiger partial charge in [-0.25, -0.2) is 0 Å². The Labute approximate surface area is 105 Å². The van der Waals surface area contributed by atoms with Gasteiger partial charge in [-0.05, 0) is 11.1 Å². The molecule has 2 aliphatic carbocycles. The maximum absolute atomic E-state index is 4.59. The zero-order chi connectivity index (χ0) is 11.7. The topological polar surface area (TPSA) is 48.8 Å². The van der Waals surface area contributed by atoms with E-state index >= 15 is 0 Å². The van der Waals surface area contributed by atoms with Crippen LogP contribution in [0.1, 0.15) is 35.8 Å². The van der Waals surface area contributed by atoms with E-state index in [1.165, 1.54) is 22.6 Å². The summed E-state index contributed by atoms with van der Waals surface area (Å²) in [7, 11) is 0. The number of hydrogen-bond acceptors (Lipinski definition) is 4. The molecule has 2 bridgehead atoms. The molecular formula is C14H14N4. The van der Waals surface area contributed by atoms with Crippen molar-refractivity contribution in [2.45, 2.75) is 36.8 Å². The first-order chi connectivity index (χ1) is 8.92. The average Bonchev–Trinajstić information content (AvgIpc) is 2.93. The lowest BCUT2D eigenvalue weighted by atomic mass is 9.83. The highest BCUT2D eigenvalue weighted by molar-refractivity contribution is 6.03. The van der Waals surface area contributed by atoms with Crippen molar-refractivity contribution in [1.29, 1.82) is 0 Å². The number of hydrogen-bond donors (Lipinski definition) is 2. The molecule has 0 radical (unpaired) electrons. The fourth-order valence-electron chi connectivity index (χ4n) is 4.08. The van der Waals surface area contributed by atoms with Gasteiger partial charge in [0.15, 0.2) is 0 Å². The summed E-state index contributed by atoms with van der Waals surface area (Å²) in [5.41, 5.74) is 12.2. The molecule has 4 nitrogen and oxygen atoms in total. The minimum absolute atomic E-state index is 0.408. The lowest BCUT2D eigenvalue weighted by Crippen LogP contribution is -2.34. The van der Waals surface area contributed by atoms with Crippen LogP contribution in [0, 0.1) is 0 Å². The zero-order valence-electron chi connectivity index (χ0n) is 9.93. The summed E-state index contributed by atoms with van der Waals surface area (Å²) in [6.45, 7) is 0. The average molecular weight is 238 g/mol. The SMILES string of the molecule is c1ccc2c(c1)C1C3=NNC1CC1=NNC(C3)C12. The summed E-state index contributed by atoms with van der Waals surface area (Å²) in [6.07, 6.45) is 2.03. The van der Waals surface area contributed by atoms with Crippen molar-refractivity contribution in [1.82, 2.24) is 10.9 Å². The van der Waals surface area contributed by atoms with Gasteiger partial charge in [-0.15, -0.1) is 0 Å². The van der Waals surface area contributed by atoms with Crippen LogP contribution in [0.25, 0.3) is 0 Å². The Morgan fingerprint density at radius 2 is 1.33 bits per heavy atom. The third-order valence-corrected chi connectivity index (χ3v) is 4.79. The summed E-state index contributed by atoms with van der Waals surface area (Å²) in [6, 6.07) is 9.67. The van der Waals surface area contributed by atoms with Crippen molar-refractivity contribution in [3.05, 3.63) is 35.4 Å². The maximum atomic E-state index is 4.59. The van der Waals surface area contributed by atoms with E-state index in [4.69, 9.17) is 0 Å². The van der Waals surface area contributed by atoms with Crippen LogP contribution in [0.2, 0.25) is 0 Å². The van der Waals surface area contributed by atoms with Gasteiger partial charge in [-0.2, -0.15) is 10.2 Å². The van der Waals surface area contributed by atoms with E-state index in [0.717, 1.165) is 12.8 Å². The van der Waals surface area contributed by atoms with Crippen LogP contribution in [-0.4, -0.2) is 23.5 Å². The van der Waals surface area contributed by atoms with Gasteiger partial charge < -0.3 is 10.9 Å². The Bertz CT molecular complexity index is 551. The van der Waals surface area contributed by atoms with E-state index in [1.54, 1.807) is 0 Å². The van der Waals surface area contributed by atoms with E-state index in [9.17, 15) is 0 Å². The fraction of sp³-hybridized carbons (Fsp3) is 0.429. The Morgan fingerprint density at radius 1 is 0.833 bits per heavy atom. The van der Waals surface area contributed by atoms with Crippen LogP contribution in [-0.2, 0) is 0 Å². The number of rotatable bonds is 0. The summed E-state index contributed by atoms with van der Waals surface area (Å²) in [4.78, 5) is 0. The van der Waals surface area contributed by atoms with E-state index in [2.05, 4.69) is 45.3 Å². The predicted octanol–water partition coefficient (Wildman–Crippen LogP) is 1.32. The van der Waals surface area contributed by atoms with E-state index in [-0.39, 0.29) is 0 Å². The van der Waals surface area contributed by atoms with E-state index < -0.39 is 0 Å². The molecule has 90 valence electrons. The van der Waals surface area contributed by atoms with Gasteiger partial charge in [0.25, 0.3) is 0 Å². The smallest absolute Gasteiger partial charge is 0.0615 e. The van der Waals surface area contributed by atoms with Crippen LogP contribution >= 0.6 is 0 Å². The summed E-state index contributed by atoms with van der Waals surface area (Å²) in [5.74, 6) is 0.919. The quantitative estimate of drug-likeness (QED) is 0.716. The molecule has 4 aliphatic rings. The van der Waals surface area contributed by atoms with Crippen molar-refractivity contribution in [2.24, 2.45) is 10.2 Å². The molecule has 18 heavy (non-hydrogen) atoms. The van der Waals surface area contributed by atoms with Crippen molar-refractivity contribution in [3.63, 3.8) is 0 Å². The summed E-state index contributed by atoms with van der Waals surface area (Å²) >= 11 is 0. The molecular weight excluding hydrogens is 224 g/mol. The molecule has 1 aromatic carbocycles. The highest BCUT2D eigenvalue weighted by Gasteiger charge is 2.49. The first-order valence-corrected chi connectivity index (χ1v) is 6.64. The predicted molar refractivity (Wildman–Crippen MR) is 69.9 cm³/mol. The van der Waals surface area contributed by atoms with Gasteiger partial charge in [0.2, 0.25) is 0 Å². The molecule has 2 heterocycles. The first-order valence-electron chi connectivity index (χ1n) is 6.64. The van der Waals surface area contributed by atoms with Crippen LogP contribution in [0.4, 0.5) is 0 Å². The van der Waals surface area contributed by atoms with Crippen molar-refractivity contribution < 1.29 is 0 Å². The summed E-state index contributed by atoms with van der Waals surface area (Å²) in [5, 5.41) is 9.17. The lowest BCUT2D eigenvalue weighted by molar-refractivity contribution is 0.550. The molecule has 1 aromatic rings. The number of benzene rings is 1. The second-order valence-corrected chi connectivity index (χ2v) is 5.67. The Kier molecular flexibility index (Phi) is 1.49. The van der Waals surface area contributed by atoms with Gasteiger partial charge in [-0.3, -0.25) is 0 Å². The highest BCUT2D eigenvalue weighted by atomic mass is 15.4. The molecule has 0 fully saturated rings. The molecule has 0 aromatic heterocycles. The number of nitrogens with zero attached hydrogens (tertiary/aromatic N) is 2. The van der Waals surface area contributed by atoms with Gasteiger partial charge >= 0.3 is 0 Å². The first kappa shape index (κ1) is 9.14. The standard InChI is InChI=1S/C14H14N4/c1-2-4-8-7(3-1)13-9-5-11-14(8)12(18-17-11)6-10(13)16-15-9/h1-4,9,12-15,18H,5-6H2. The molecule has 2 N–H and O–H groups in total. The van der Waals surface area contributed by atoms with Crippen molar-refractivity contribution >= 4 is 11.4 Å². The molecule has 0 saturated carbocycles. The minimum atomic E-state index is 0.408. The van der Waals surface area contributed by atoms with Gasteiger partial charge in [-0.1, -0.05) is 24.3 Å². The minimum Gasteiger partial charge on any atom is -0.306 e. The van der Waals surface area contributed by atoms with Crippen LogP contribution in [0.15, 0.2) is 34.5 Å². The molecule has 0 amide bonds. The second kappa shape index (κ2) is 2.94. The number of hydrazone groups is 2. The number of nitrogens with one attached hydrogen (secondary N) is 2. The van der Waals surface area contributed by atoms with Crippen molar-refractivity contribution in [3.8, 4) is 0 Å². The zero-order valence-corrected chi connectivity index (χ0v) is 9.93. The van der Waals surface area contributed by atoms with Gasteiger partial charge in [0.05, 0.1) is 12.1 Å². The van der Waals surface area contributed by atoms with Crippen LogP contribution in [0.5, 0.6) is 0 Å². The van der Waals surface area contributed by atoms with Gasteiger partial charge in [0.1, 0.15) is 0 Å². The fourth-order valence-corrected chi connectivity index (χ4v) is 4.08. The lowest BCUT2D eigenvalue weighted by Gasteiger charge is -2.21. The largest absolute Gasteiger partial charge is 0.306 e. The Balaban J connectivity index is 1.86. The molecule has 5 rings (SSSR count). The molecule has 4 heteroatoms. The molecule has 0 saturated heterocycles. The van der Waals surface area contributed by atoms with Crippen LogP contribution < -0.4 is 10.9 Å². The Morgan fingerprint density at radius 3 is 1.83 bits per heavy atom.